The van der Waals surface area contributed by atoms with E-state index in [-0.39, 0.29) is 10.7 Å². The highest BCUT2D eigenvalue weighted by molar-refractivity contribution is 9.10. The lowest BCUT2D eigenvalue weighted by Crippen LogP contribution is -2.56. The van der Waals surface area contributed by atoms with Gasteiger partial charge in [-0.2, -0.15) is 0 Å². The molecule has 0 aliphatic carbocycles. The Morgan fingerprint density at radius 3 is 1.90 bits per heavy atom. The lowest BCUT2D eigenvalue weighted by atomic mass is 10.1. The number of benzene rings is 2. The van der Waals surface area contributed by atoms with Crippen molar-refractivity contribution in [3.05, 3.63) is 86.7 Å². The van der Waals surface area contributed by atoms with Crippen molar-refractivity contribution in [1.29, 1.82) is 0 Å². The molecule has 152 valence electrons. The molecule has 0 radical (unpaired) electrons. The maximum atomic E-state index is 13.4. The summed E-state index contributed by atoms with van der Waals surface area (Å²) in [5, 5.41) is 0.0482. The highest BCUT2D eigenvalue weighted by Gasteiger charge is 2.41. The predicted molar refractivity (Wildman–Crippen MR) is 130 cm³/mol. The zero-order chi connectivity index (χ0) is 22.1. The number of rotatable bonds is 3. The van der Waals surface area contributed by atoms with E-state index in [1.807, 2.05) is 12.1 Å². The maximum Gasteiger partial charge on any atom is 0.270 e. The van der Waals surface area contributed by atoms with Crippen LogP contribution in [0.2, 0.25) is 0 Å². The van der Waals surface area contributed by atoms with Crippen LogP contribution >= 0.6 is 44.1 Å². The van der Waals surface area contributed by atoms with Gasteiger partial charge in [0.15, 0.2) is 10.9 Å². The third-order valence-electron chi connectivity index (χ3n) is 4.44. The molecule has 0 saturated carbocycles. The Morgan fingerprint density at radius 2 is 1.45 bits per heavy atom. The second-order valence-corrected chi connectivity index (χ2v) is 8.62. The summed E-state index contributed by atoms with van der Waals surface area (Å²) >= 11 is 12.4. The average molecular weight is 556 g/mol. The van der Waals surface area contributed by atoms with Crippen LogP contribution < -0.4 is 9.80 Å². The van der Waals surface area contributed by atoms with Crippen LogP contribution in [-0.2, 0) is 9.59 Å². The predicted octanol–water partition coefficient (Wildman–Crippen LogP) is 5.53. The Hall–Kier alpha value is -2.99. The van der Waals surface area contributed by atoms with Crippen molar-refractivity contribution in [1.82, 2.24) is 0 Å². The third-order valence-corrected chi connectivity index (χ3v) is 5.79. The van der Waals surface area contributed by atoms with Crippen LogP contribution in [0, 0.1) is 12.3 Å². The van der Waals surface area contributed by atoms with E-state index in [4.69, 9.17) is 23.1 Å². The number of carbonyl (C=O) groups is 2. The van der Waals surface area contributed by atoms with Gasteiger partial charge in [-0.15, -0.1) is 6.42 Å². The summed E-state index contributed by atoms with van der Waals surface area (Å²) in [6.07, 6.45) is 6.73. The maximum absolute atomic E-state index is 13.4. The van der Waals surface area contributed by atoms with Crippen LogP contribution in [0.5, 0.6) is 0 Å². The fourth-order valence-corrected chi connectivity index (χ4v) is 4.22. The highest BCUT2D eigenvalue weighted by Crippen LogP contribution is 2.32. The first kappa shape index (κ1) is 21.2. The molecule has 0 bridgehead atoms. The molecule has 0 spiro atoms. The van der Waals surface area contributed by atoms with Crippen molar-refractivity contribution < 1.29 is 14.0 Å². The molecule has 2 aromatic carbocycles. The van der Waals surface area contributed by atoms with Crippen molar-refractivity contribution in [3.8, 4) is 12.3 Å². The second kappa shape index (κ2) is 8.63. The number of terminal acetylenes is 1. The van der Waals surface area contributed by atoms with Gasteiger partial charge in [-0.3, -0.25) is 19.4 Å². The van der Waals surface area contributed by atoms with Gasteiger partial charge in [0.1, 0.15) is 11.3 Å². The number of nitrogens with zero attached hydrogens (tertiary/aromatic N) is 2. The Bertz CT molecular complexity index is 1240. The van der Waals surface area contributed by atoms with Gasteiger partial charge in [-0.1, -0.05) is 44.0 Å². The first-order valence-corrected chi connectivity index (χ1v) is 10.9. The number of anilines is 2. The van der Waals surface area contributed by atoms with E-state index in [1.165, 1.54) is 15.9 Å². The summed E-state index contributed by atoms with van der Waals surface area (Å²) in [7, 11) is 0. The number of halogens is 2. The fourth-order valence-electron chi connectivity index (χ4n) is 3.07. The average Bonchev–Trinajstić information content (AvgIpc) is 3.19. The van der Waals surface area contributed by atoms with Gasteiger partial charge in [-0.25, -0.2) is 0 Å². The first-order chi connectivity index (χ1) is 14.9. The third kappa shape index (κ3) is 4.12. The van der Waals surface area contributed by atoms with Crippen molar-refractivity contribution in [3.63, 3.8) is 0 Å². The minimum Gasteiger partial charge on any atom is -0.448 e. The van der Waals surface area contributed by atoms with Crippen molar-refractivity contribution in [2.45, 2.75) is 0 Å². The van der Waals surface area contributed by atoms with Gasteiger partial charge >= 0.3 is 0 Å². The molecule has 31 heavy (non-hydrogen) atoms. The minimum atomic E-state index is -0.557. The van der Waals surface area contributed by atoms with Crippen molar-refractivity contribution >= 4 is 78.5 Å². The van der Waals surface area contributed by atoms with Crippen LogP contribution in [0.25, 0.3) is 6.08 Å². The van der Waals surface area contributed by atoms with Gasteiger partial charge in [0.25, 0.3) is 11.8 Å². The number of amides is 2. The van der Waals surface area contributed by atoms with E-state index in [1.54, 1.807) is 48.5 Å². The molecule has 3 aromatic rings. The fraction of sp³-hybridized carbons (Fsp3) is 0. The molecule has 2 heterocycles. The molecule has 1 aliphatic rings. The standard InChI is InChI=1S/C23H12Br2N2O3S/c1-2-18-9-10-19(30-18)13-20-21(28)26(16-7-3-5-14(24)11-16)23(31)27(22(20)29)17-8-4-6-15(25)12-17/h1,3-13H. The number of hydrogen-bond acceptors (Lipinski definition) is 4. The number of hydrogen-bond donors (Lipinski definition) is 0. The topological polar surface area (TPSA) is 53.8 Å². The van der Waals surface area contributed by atoms with Crippen molar-refractivity contribution in [2.24, 2.45) is 0 Å². The molecule has 4 rings (SSSR count). The molecular formula is C23H12Br2N2O3S. The van der Waals surface area contributed by atoms with Gasteiger partial charge in [0, 0.05) is 8.95 Å². The molecule has 1 saturated heterocycles. The molecule has 2 amide bonds. The summed E-state index contributed by atoms with van der Waals surface area (Å²) in [6.45, 7) is 0. The molecule has 8 heteroatoms. The normalized spacial score (nSPS) is 14.1. The summed E-state index contributed by atoms with van der Waals surface area (Å²) in [5.41, 5.74) is 0.935. The van der Waals surface area contributed by atoms with E-state index in [0.29, 0.717) is 22.9 Å². The zero-order valence-electron chi connectivity index (χ0n) is 15.7. The number of carbonyl (C=O) groups excluding carboxylic acids is 2. The largest absolute Gasteiger partial charge is 0.448 e. The Labute approximate surface area is 200 Å². The van der Waals surface area contributed by atoms with E-state index in [9.17, 15) is 9.59 Å². The van der Waals surface area contributed by atoms with Crippen LogP contribution in [0.15, 0.2) is 79.6 Å². The molecule has 0 N–H and O–H groups in total. The molecule has 5 nitrogen and oxygen atoms in total. The molecule has 0 unspecified atom stereocenters. The monoisotopic (exact) mass is 554 g/mol. The molecule has 1 aliphatic heterocycles. The summed E-state index contributed by atoms with van der Waals surface area (Å²) in [6, 6.07) is 17.4. The molecule has 1 aromatic heterocycles. The summed E-state index contributed by atoms with van der Waals surface area (Å²) < 4.78 is 7.01. The minimum absolute atomic E-state index is 0.0482. The Balaban J connectivity index is 1.88. The summed E-state index contributed by atoms with van der Waals surface area (Å²) in [5.74, 6) is 1.85. The number of thiocarbonyl (C=S) groups is 1. The summed E-state index contributed by atoms with van der Waals surface area (Å²) in [4.78, 5) is 29.4. The van der Waals surface area contributed by atoms with Gasteiger partial charge in [0.05, 0.1) is 11.4 Å². The second-order valence-electron chi connectivity index (χ2n) is 6.43. The number of furan rings is 1. The van der Waals surface area contributed by atoms with Crippen LogP contribution in [-0.4, -0.2) is 16.9 Å². The van der Waals surface area contributed by atoms with E-state index in [2.05, 4.69) is 37.8 Å². The Kier molecular flexibility index (Phi) is 5.92. The van der Waals surface area contributed by atoms with Crippen LogP contribution in [0.3, 0.4) is 0 Å². The Morgan fingerprint density at radius 1 is 0.903 bits per heavy atom. The van der Waals surface area contributed by atoms with Gasteiger partial charge in [-0.05, 0) is 72.7 Å². The van der Waals surface area contributed by atoms with Gasteiger partial charge < -0.3 is 4.42 Å². The SMILES string of the molecule is C#Cc1ccc(C=C2C(=O)N(c3cccc(Br)c3)C(=S)N(c3cccc(Br)c3)C2=O)o1. The van der Waals surface area contributed by atoms with Gasteiger partial charge in [0.2, 0.25) is 0 Å². The van der Waals surface area contributed by atoms with E-state index >= 15 is 0 Å². The molecular weight excluding hydrogens is 544 g/mol. The quantitative estimate of drug-likeness (QED) is 0.184. The first-order valence-electron chi connectivity index (χ1n) is 8.91. The lowest BCUT2D eigenvalue weighted by Gasteiger charge is -2.36. The van der Waals surface area contributed by atoms with Crippen molar-refractivity contribution in [2.75, 3.05) is 9.80 Å². The van der Waals surface area contributed by atoms with E-state index in [0.717, 1.165) is 8.95 Å². The highest BCUT2D eigenvalue weighted by atomic mass is 79.9. The van der Waals surface area contributed by atoms with E-state index < -0.39 is 11.8 Å². The molecule has 0 atom stereocenters. The smallest absolute Gasteiger partial charge is 0.270 e. The van der Waals surface area contributed by atoms with Crippen LogP contribution in [0.4, 0.5) is 11.4 Å². The lowest BCUT2D eigenvalue weighted by molar-refractivity contribution is -0.120. The van der Waals surface area contributed by atoms with Crippen LogP contribution in [0.1, 0.15) is 11.5 Å². The molecule has 1 fully saturated rings. The zero-order valence-corrected chi connectivity index (χ0v) is 19.7.